The molecule has 0 saturated heterocycles. The van der Waals surface area contributed by atoms with Gasteiger partial charge in [-0.15, -0.1) is 0 Å². The number of hydrogen-bond donors (Lipinski definition) is 3. The van der Waals surface area contributed by atoms with Gasteiger partial charge in [0.05, 0.1) is 5.56 Å². The average Bonchev–Trinajstić information content (AvgIpc) is 2.32. The number of rotatable bonds is 2. The summed E-state index contributed by atoms with van der Waals surface area (Å²) >= 11 is 0. The van der Waals surface area contributed by atoms with E-state index in [4.69, 9.17) is 5.73 Å². The van der Waals surface area contributed by atoms with E-state index in [1.54, 1.807) is 24.3 Å². The van der Waals surface area contributed by atoms with Gasteiger partial charge in [-0.05, 0) is 36.4 Å². The van der Waals surface area contributed by atoms with E-state index in [0.717, 1.165) is 12.1 Å². The molecule has 18 heavy (non-hydrogen) atoms. The minimum atomic E-state index is -0.600. The Kier molecular flexibility index (Phi) is 3.14. The molecule has 4 N–H and O–H groups in total. The summed E-state index contributed by atoms with van der Waals surface area (Å²) in [6.45, 7) is 0. The first kappa shape index (κ1) is 11.9. The van der Waals surface area contributed by atoms with Crippen LogP contribution in [0.4, 0.5) is 15.8 Å². The van der Waals surface area contributed by atoms with Crippen molar-refractivity contribution in [2.45, 2.75) is 0 Å². The number of anilines is 2. The Morgan fingerprint density at radius 2 is 1.83 bits per heavy atom. The molecule has 1 amide bonds. The van der Waals surface area contributed by atoms with Crippen molar-refractivity contribution in [2.75, 3.05) is 11.1 Å². The summed E-state index contributed by atoms with van der Waals surface area (Å²) in [6, 6.07) is 9.76. The van der Waals surface area contributed by atoms with E-state index in [1.165, 1.54) is 6.07 Å². The average molecular weight is 246 g/mol. The van der Waals surface area contributed by atoms with Crippen molar-refractivity contribution in [3.63, 3.8) is 0 Å². The lowest BCUT2D eigenvalue weighted by Gasteiger charge is -2.07. The molecule has 0 saturated carbocycles. The highest BCUT2D eigenvalue weighted by Gasteiger charge is 2.11. The number of phenols is 1. The molecule has 92 valence electrons. The lowest BCUT2D eigenvalue weighted by atomic mass is 10.1. The largest absolute Gasteiger partial charge is 0.507 e. The molecule has 0 aliphatic carbocycles. The Balaban J connectivity index is 2.19. The molecule has 0 aliphatic rings. The lowest BCUT2D eigenvalue weighted by molar-refractivity contribution is 0.102. The number of hydrogen-bond acceptors (Lipinski definition) is 3. The number of carbonyl (C=O) groups excluding carboxylic acids is 1. The third-order valence-corrected chi connectivity index (χ3v) is 2.37. The molecule has 0 spiro atoms. The van der Waals surface area contributed by atoms with Crippen LogP contribution in [0.5, 0.6) is 5.75 Å². The van der Waals surface area contributed by atoms with Gasteiger partial charge in [-0.1, -0.05) is 0 Å². The predicted octanol–water partition coefficient (Wildman–Crippen LogP) is 2.37. The Labute approximate surface area is 103 Å². The van der Waals surface area contributed by atoms with Gasteiger partial charge in [-0.3, -0.25) is 4.79 Å². The number of benzene rings is 2. The molecule has 4 nitrogen and oxygen atoms in total. The molecular formula is C13H11FN2O2. The molecule has 0 unspecified atom stereocenters. The van der Waals surface area contributed by atoms with Gasteiger partial charge in [0.25, 0.3) is 5.91 Å². The lowest BCUT2D eigenvalue weighted by Crippen LogP contribution is -2.12. The van der Waals surface area contributed by atoms with E-state index in [2.05, 4.69) is 5.32 Å². The van der Waals surface area contributed by atoms with E-state index >= 15 is 0 Å². The summed E-state index contributed by atoms with van der Waals surface area (Å²) < 4.78 is 12.8. The molecule has 0 radical (unpaired) electrons. The first-order chi connectivity index (χ1) is 8.56. The number of aromatic hydroxyl groups is 1. The summed E-state index contributed by atoms with van der Waals surface area (Å²) in [5, 5.41) is 12.0. The number of amides is 1. The fourth-order valence-corrected chi connectivity index (χ4v) is 1.46. The van der Waals surface area contributed by atoms with E-state index in [9.17, 15) is 14.3 Å². The number of carbonyl (C=O) groups is 1. The normalized spacial score (nSPS) is 10.1. The summed E-state index contributed by atoms with van der Waals surface area (Å²) in [5.41, 5.74) is 6.64. The maximum atomic E-state index is 12.8. The van der Waals surface area contributed by atoms with E-state index in [1.807, 2.05) is 0 Å². The van der Waals surface area contributed by atoms with Crippen LogP contribution < -0.4 is 11.1 Å². The molecule has 2 aromatic rings. The highest BCUT2D eigenvalue weighted by molar-refractivity contribution is 6.06. The van der Waals surface area contributed by atoms with Gasteiger partial charge < -0.3 is 16.2 Å². The van der Waals surface area contributed by atoms with Gasteiger partial charge >= 0.3 is 0 Å². The molecule has 0 heterocycles. The number of nitrogens with one attached hydrogen (secondary N) is 1. The second-order valence-corrected chi connectivity index (χ2v) is 3.74. The monoisotopic (exact) mass is 246 g/mol. The maximum Gasteiger partial charge on any atom is 0.259 e. The topological polar surface area (TPSA) is 75.3 Å². The first-order valence-corrected chi connectivity index (χ1v) is 5.21. The van der Waals surface area contributed by atoms with Crippen molar-refractivity contribution < 1.29 is 14.3 Å². The third-order valence-electron chi connectivity index (χ3n) is 2.37. The van der Waals surface area contributed by atoms with Gasteiger partial charge in [0.2, 0.25) is 0 Å². The fraction of sp³-hybridized carbons (Fsp3) is 0. The predicted molar refractivity (Wildman–Crippen MR) is 66.9 cm³/mol. The van der Waals surface area contributed by atoms with E-state index in [0.29, 0.717) is 11.4 Å². The van der Waals surface area contributed by atoms with Crippen LogP contribution in [-0.2, 0) is 0 Å². The summed E-state index contributed by atoms with van der Waals surface area (Å²) in [6.07, 6.45) is 0. The third kappa shape index (κ3) is 2.57. The second kappa shape index (κ2) is 4.75. The van der Waals surface area contributed by atoms with Gasteiger partial charge in [0.1, 0.15) is 11.6 Å². The maximum absolute atomic E-state index is 12.8. The minimum Gasteiger partial charge on any atom is -0.507 e. The zero-order chi connectivity index (χ0) is 13.1. The number of nitrogens with two attached hydrogens (primary N) is 1. The molecule has 2 rings (SSSR count). The highest BCUT2D eigenvalue weighted by atomic mass is 19.1. The Morgan fingerprint density at radius 3 is 2.44 bits per heavy atom. The highest BCUT2D eigenvalue weighted by Crippen LogP contribution is 2.20. The van der Waals surface area contributed by atoms with Crippen molar-refractivity contribution in [1.82, 2.24) is 0 Å². The fourth-order valence-electron chi connectivity index (χ4n) is 1.46. The van der Waals surface area contributed by atoms with Crippen molar-refractivity contribution in [3.8, 4) is 5.75 Å². The molecule has 0 bridgehead atoms. The number of nitrogen functional groups attached to an aromatic ring is 1. The number of phenolic OH excluding ortho intramolecular Hbond substituents is 1. The Bertz CT molecular complexity index is 582. The molecule has 0 aromatic heterocycles. The van der Waals surface area contributed by atoms with Crippen LogP contribution in [0.1, 0.15) is 10.4 Å². The summed E-state index contributed by atoms with van der Waals surface area (Å²) in [7, 11) is 0. The van der Waals surface area contributed by atoms with E-state index in [-0.39, 0.29) is 5.56 Å². The first-order valence-electron chi connectivity index (χ1n) is 5.21. The molecule has 5 heteroatoms. The summed E-state index contributed by atoms with van der Waals surface area (Å²) in [5.74, 6) is -1.52. The Hall–Kier alpha value is -2.56. The number of halogens is 1. The van der Waals surface area contributed by atoms with Crippen LogP contribution in [0.25, 0.3) is 0 Å². The Morgan fingerprint density at radius 1 is 1.17 bits per heavy atom. The van der Waals surface area contributed by atoms with Crippen LogP contribution in [-0.4, -0.2) is 11.0 Å². The van der Waals surface area contributed by atoms with E-state index < -0.39 is 17.5 Å². The zero-order valence-corrected chi connectivity index (χ0v) is 9.35. The summed E-state index contributed by atoms with van der Waals surface area (Å²) in [4.78, 5) is 11.8. The second-order valence-electron chi connectivity index (χ2n) is 3.74. The van der Waals surface area contributed by atoms with Crippen LogP contribution in [0.3, 0.4) is 0 Å². The smallest absolute Gasteiger partial charge is 0.259 e. The van der Waals surface area contributed by atoms with Crippen LogP contribution in [0.2, 0.25) is 0 Å². The van der Waals surface area contributed by atoms with Crippen LogP contribution >= 0.6 is 0 Å². The quantitative estimate of drug-likeness (QED) is 0.712. The van der Waals surface area contributed by atoms with Crippen molar-refractivity contribution >= 4 is 17.3 Å². The van der Waals surface area contributed by atoms with Gasteiger partial charge in [0, 0.05) is 17.4 Å². The van der Waals surface area contributed by atoms with Gasteiger partial charge in [0.15, 0.2) is 0 Å². The zero-order valence-electron chi connectivity index (χ0n) is 9.35. The molecule has 2 aromatic carbocycles. The van der Waals surface area contributed by atoms with Gasteiger partial charge in [-0.25, -0.2) is 4.39 Å². The minimum absolute atomic E-state index is 0.00762. The molecule has 0 fully saturated rings. The SMILES string of the molecule is Nc1ccc(NC(=O)c2ccc(F)cc2O)cc1. The van der Waals surface area contributed by atoms with Crippen LogP contribution in [0, 0.1) is 5.82 Å². The molecular weight excluding hydrogens is 235 g/mol. The molecule has 0 atom stereocenters. The molecule has 0 aliphatic heterocycles. The van der Waals surface area contributed by atoms with Crippen LogP contribution in [0.15, 0.2) is 42.5 Å². The standard InChI is InChI=1S/C13H11FN2O2/c14-8-1-6-11(12(17)7-8)13(18)16-10-4-2-9(15)3-5-10/h1-7,17H,15H2,(H,16,18). The van der Waals surface area contributed by atoms with Crippen molar-refractivity contribution in [1.29, 1.82) is 0 Å². The van der Waals surface area contributed by atoms with Crippen molar-refractivity contribution in [2.24, 2.45) is 0 Å². The van der Waals surface area contributed by atoms with Crippen molar-refractivity contribution in [3.05, 3.63) is 53.8 Å². The van der Waals surface area contributed by atoms with Gasteiger partial charge in [-0.2, -0.15) is 0 Å².